The summed E-state index contributed by atoms with van der Waals surface area (Å²) < 4.78 is 5.20. The van der Waals surface area contributed by atoms with E-state index in [2.05, 4.69) is 10.3 Å². The van der Waals surface area contributed by atoms with E-state index >= 15 is 0 Å². The highest BCUT2D eigenvalue weighted by atomic mass is 16.3. The second-order valence-electron chi connectivity index (χ2n) is 6.13. The minimum absolute atomic E-state index is 0.0331. The average molecular weight is 303 g/mol. The molecule has 0 radical (unpaired) electrons. The first-order valence-corrected chi connectivity index (χ1v) is 7.66. The number of carbonyl (C=O) groups excluding carboxylic acids is 2. The van der Waals surface area contributed by atoms with Crippen molar-refractivity contribution in [1.82, 2.24) is 10.2 Å². The molecule has 0 unspecified atom stereocenters. The van der Waals surface area contributed by atoms with Crippen LogP contribution in [0.15, 0.2) is 27.8 Å². The lowest BCUT2D eigenvalue weighted by Crippen LogP contribution is -2.45. The molecule has 118 valence electrons. The van der Waals surface area contributed by atoms with Gasteiger partial charge >= 0.3 is 0 Å². The van der Waals surface area contributed by atoms with E-state index in [-0.39, 0.29) is 17.7 Å². The Kier molecular flexibility index (Phi) is 3.76. The number of likely N-dealkylation sites (N-methyl/N-ethyl adjacent to an activating group) is 1. The van der Waals surface area contributed by atoms with Gasteiger partial charge in [-0.15, -0.1) is 0 Å². The third-order valence-electron chi connectivity index (χ3n) is 4.76. The molecule has 1 fully saturated rings. The van der Waals surface area contributed by atoms with Crippen molar-refractivity contribution < 1.29 is 14.0 Å². The highest BCUT2D eigenvalue weighted by Gasteiger charge is 2.48. The maximum absolute atomic E-state index is 12.3. The van der Waals surface area contributed by atoms with E-state index in [0.717, 1.165) is 11.6 Å². The number of nitrogens with one attached hydrogen (secondary N) is 1. The van der Waals surface area contributed by atoms with E-state index in [9.17, 15) is 9.59 Å². The van der Waals surface area contributed by atoms with Gasteiger partial charge in [-0.2, -0.15) is 0 Å². The molecule has 1 N–H and O–H groups in total. The Morgan fingerprint density at radius 1 is 1.50 bits per heavy atom. The molecule has 1 aliphatic carbocycles. The van der Waals surface area contributed by atoms with Crippen LogP contribution in [0.2, 0.25) is 0 Å². The van der Waals surface area contributed by atoms with Crippen LogP contribution in [0, 0.1) is 5.92 Å². The van der Waals surface area contributed by atoms with Crippen molar-refractivity contribution >= 4 is 17.6 Å². The zero-order chi connectivity index (χ0) is 15.7. The standard InChI is InChI=1S/C16H21N3O3/c1-11-18-16(15(21)19(11)2)7-5-12(6-8-16)14(20)17-10-13-4-3-9-22-13/h3-4,9,12H,5-8,10H2,1-2H3,(H,17,20). The van der Waals surface area contributed by atoms with Crippen LogP contribution in [0.1, 0.15) is 38.4 Å². The number of amides is 2. The molecule has 6 heteroatoms. The maximum atomic E-state index is 12.3. The molecule has 1 aromatic rings. The summed E-state index contributed by atoms with van der Waals surface area (Å²) in [5.41, 5.74) is -0.614. The Morgan fingerprint density at radius 2 is 2.23 bits per heavy atom. The van der Waals surface area contributed by atoms with Crippen LogP contribution in [0.4, 0.5) is 0 Å². The van der Waals surface area contributed by atoms with E-state index in [1.807, 2.05) is 13.0 Å². The number of nitrogens with zero attached hydrogens (tertiary/aromatic N) is 2. The van der Waals surface area contributed by atoms with E-state index in [1.165, 1.54) is 0 Å². The Labute approximate surface area is 129 Å². The summed E-state index contributed by atoms with van der Waals surface area (Å²) in [7, 11) is 1.76. The third kappa shape index (κ3) is 2.53. The van der Waals surface area contributed by atoms with Crippen LogP contribution in [-0.2, 0) is 16.1 Å². The fourth-order valence-corrected chi connectivity index (χ4v) is 3.31. The van der Waals surface area contributed by atoms with Crippen molar-refractivity contribution in [3.05, 3.63) is 24.2 Å². The molecule has 1 spiro atoms. The highest BCUT2D eigenvalue weighted by molar-refractivity contribution is 6.07. The van der Waals surface area contributed by atoms with Crippen LogP contribution >= 0.6 is 0 Å². The van der Waals surface area contributed by atoms with E-state index in [1.54, 1.807) is 24.3 Å². The lowest BCUT2D eigenvalue weighted by molar-refractivity contribution is -0.134. The minimum Gasteiger partial charge on any atom is -0.467 e. The van der Waals surface area contributed by atoms with Gasteiger partial charge in [-0.3, -0.25) is 14.6 Å². The predicted molar refractivity (Wildman–Crippen MR) is 81.1 cm³/mol. The van der Waals surface area contributed by atoms with Crippen molar-refractivity contribution in [3.63, 3.8) is 0 Å². The average Bonchev–Trinajstić information content (AvgIpc) is 3.10. The van der Waals surface area contributed by atoms with E-state index in [4.69, 9.17) is 4.42 Å². The van der Waals surface area contributed by atoms with Gasteiger partial charge in [0.2, 0.25) is 5.91 Å². The number of hydrogen-bond acceptors (Lipinski definition) is 4. The van der Waals surface area contributed by atoms with Gasteiger partial charge in [0, 0.05) is 13.0 Å². The van der Waals surface area contributed by atoms with Crippen LogP contribution in [0.5, 0.6) is 0 Å². The molecule has 0 bridgehead atoms. The van der Waals surface area contributed by atoms with Gasteiger partial charge in [-0.1, -0.05) is 0 Å². The SMILES string of the molecule is CC1=NC2(CCC(C(=O)NCc3ccco3)CC2)C(=O)N1C. The lowest BCUT2D eigenvalue weighted by Gasteiger charge is -2.32. The number of amidine groups is 1. The van der Waals surface area contributed by atoms with Crippen LogP contribution in [0.3, 0.4) is 0 Å². The number of carbonyl (C=O) groups is 2. The van der Waals surface area contributed by atoms with Crippen LogP contribution < -0.4 is 5.32 Å². The van der Waals surface area contributed by atoms with Crippen molar-refractivity contribution in [2.75, 3.05) is 7.05 Å². The Bertz CT molecular complexity index is 598. The molecule has 1 aromatic heterocycles. The third-order valence-corrected chi connectivity index (χ3v) is 4.76. The van der Waals surface area contributed by atoms with Gasteiger partial charge in [0.25, 0.3) is 5.91 Å². The molecule has 3 rings (SSSR count). The first kappa shape index (κ1) is 14.8. The van der Waals surface area contributed by atoms with Crippen LogP contribution in [0.25, 0.3) is 0 Å². The van der Waals surface area contributed by atoms with Crippen LogP contribution in [-0.4, -0.2) is 35.1 Å². The first-order chi connectivity index (χ1) is 10.5. The first-order valence-electron chi connectivity index (χ1n) is 7.66. The number of rotatable bonds is 3. The molecule has 22 heavy (non-hydrogen) atoms. The molecular weight excluding hydrogens is 282 g/mol. The number of aliphatic imine (C=N–C) groups is 1. The van der Waals surface area contributed by atoms with Gasteiger partial charge in [0.05, 0.1) is 12.8 Å². The van der Waals surface area contributed by atoms with Gasteiger partial charge in [-0.05, 0) is 44.7 Å². The quantitative estimate of drug-likeness (QED) is 0.923. The molecule has 1 aliphatic heterocycles. The van der Waals surface area contributed by atoms with Crippen molar-refractivity contribution in [1.29, 1.82) is 0 Å². The normalized spacial score (nSPS) is 28.1. The summed E-state index contributed by atoms with van der Waals surface area (Å²) in [5, 5.41) is 2.90. The molecule has 2 aliphatic rings. The largest absolute Gasteiger partial charge is 0.467 e. The van der Waals surface area contributed by atoms with Gasteiger partial charge < -0.3 is 14.6 Å². The smallest absolute Gasteiger partial charge is 0.255 e. The summed E-state index contributed by atoms with van der Waals surface area (Å²) in [6, 6.07) is 3.63. The zero-order valence-electron chi connectivity index (χ0n) is 13.0. The monoisotopic (exact) mass is 303 g/mol. The second kappa shape index (κ2) is 5.59. The van der Waals surface area contributed by atoms with Gasteiger partial charge in [-0.25, -0.2) is 0 Å². The van der Waals surface area contributed by atoms with Crippen molar-refractivity contribution in [2.24, 2.45) is 10.9 Å². The highest BCUT2D eigenvalue weighted by Crippen LogP contribution is 2.39. The van der Waals surface area contributed by atoms with Gasteiger partial charge in [0.15, 0.2) is 0 Å². The summed E-state index contributed by atoms with van der Waals surface area (Å²) >= 11 is 0. The van der Waals surface area contributed by atoms with E-state index in [0.29, 0.717) is 32.2 Å². The summed E-state index contributed by atoms with van der Waals surface area (Å²) in [4.78, 5) is 30.8. The maximum Gasteiger partial charge on any atom is 0.255 e. The van der Waals surface area contributed by atoms with Gasteiger partial charge in [0.1, 0.15) is 17.1 Å². The summed E-state index contributed by atoms with van der Waals surface area (Å²) in [6.45, 7) is 2.27. The molecule has 2 heterocycles. The molecule has 0 saturated heterocycles. The molecule has 1 saturated carbocycles. The summed E-state index contributed by atoms with van der Waals surface area (Å²) in [5.74, 6) is 1.57. The fourth-order valence-electron chi connectivity index (χ4n) is 3.31. The van der Waals surface area contributed by atoms with E-state index < -0.39 is 5.54 Å². The predicted octanol–water partition coefficient (Wildman–Crippen LogP) is 1.72. The second-order valence-corrected chi connectivity index (χ2v) is 6.13. The topological polar surface area (TPSA) is 74.9 Å². The fraction of sp³-hybridized carbons (Fsp3) is 0.562. The molecule has 6 nitrogen and oxygen atoms in total. The Morgan fingerprint density at radius 3 is 2.77 bits per heavy atom. The number of hydrogen-bond donors (Lipinski definition) is 1. The lowest BCUT2D eigenvalue weighted by atomic mass is 9.76. The van der Waals surface area contributed by atoms with Crippen molar-refractivity contribution in [3.8, 4) is 0 Å². The van der Waals surface area contributed by atoms with Crippen molar-refractivity contribution in [2.45, 2.75) is 44.7 Å². The molecular formula is C16H21N3O3. The minimum atomic E-state index is -0.614. The zero-order valence-corrected chi connectivity index (χ0v) is 13.0. The molecule has 0 atom stereocenters. The Balaban J connectivity index is 1.55. The number of furan rings is 1. The molecule has 0 aromatic carbocycles. The summed E-state index contributed by atoms with van der Waals surface area (Å²) in [6.07, 6.45) is 4.27. The molecule has 2 amide bonds. The Hall–Kier alpha value is -2.11.